The minimum Gasteiger partial charge on any atom is -0.317 e. The summed E-state index contributed by atoms with van der Waals surface area (Å²) < 4.78 is 0. The average Bonchev–Trinajstić information content (AvgIpc) is 3.20. The molecule has 0 saturated heterocycles. The van der Waals surface area contributed by atoms with Gasteiger partial charge < -0.3 is 4.90 Å². The Kier molecular flexibility index (Phi) is 9.94. The molecule has 0 amide bonds. The van der Waals surface area contributed by atoms with Gasteiger partial charge in [0, 0.05) is 28.8 Å². The van der Waals surface area contributed by atoms with Gasteiger partial charge in [-0.3, -0.25) is 11.3 Å². The molecule has 3 aliphatic rings. The molecule has 4 aromatic rings. The lowest BCUT2D eigenvalue weighted by Crippen LogP contribution is -2.16. The highest BCUT2D eigenvalue weighted by Crippen LogP contribution is 2.54. The van der Waals surface area contributed by atoms with Crippen LogP contribution in [0.5, 0.6) is 0 Å². The van der Waals surface area contributed by atoms with Crippen molar-refractivity contribution in [1.82, 2.24) is 5.43 Å². The zero-order chi connectivity index (χ0) is 31.8. The van der Waals surface area contributed by atoms with Crippen molar-refractivity contribution >= 4 is 16.9 Å². The Hall–Kier alpha value is -4.96. The Morgan fingerprint density at radius 2 is 1.42 bits per heavy atom. The summed E-state index contributed by atoms with van der Waals surface area (Å²) in [6, 6.07) is 32.6. The van der Waals surface area contributed by atoms with Crippen molar-refractivity contribution in [3.8, 4) is 11.1 Å². The molecule has 0 bridgehead atoms. The number of rotatable bonds is 2. The fourth-order valence-corrected chi connectivity index (χ4v) is 6.20. The molecule has 0 radical (unpaired) electrons. The third-order valence-corrected chi connectivity index (χ3v) is 8.39. The summed E-state index contributed by atoms with van der Waals surface area (Å²) >= 11 is 0. The van der Waals surface area contributed by atoms with Crippen molar-refractivity contribution in [2.45, 2.75) is 32.1 Å². The molecule has 1 heterocycles. The Labute approximate surface area is 269 Å². The van der Waals surface area contributed by atoms with Gasteiger partial charge in [0.2, 0.25) is 0 Å². The molecule has 2 aliphatic carbocycles. The summed E-state index contributed by atoms with van der Waals surface area (Å²) in [5, 5.41) is 0. The minimum absolute atomic E-state index is 0.0416. The second-order valence-electron chi connectivity index (χ2n) is 11.9. The first kappa shape index (κ1) is 31.5. The predicted octanol–water partition coefficient (Wildman–Crippen LogP) is 10.1. The van der Waals surface area contributed by atoms with Gasteiger partial charge in [-0.1, -0.05) is 147 Å². The smallest absolute Gasteiger partial charge is 0.0540 e. The first-order valence-corrected chi connectivity index (χ1v) is 15.5. The summed E-state index contributed by atoms with van der Waals surface area (Å²) in [4.78, 5) is 2.31. The van der Waals surface area contributed by atoms with Crippen LogP contribution in [0.2, 0.25) is 0 Å². The van der Waals surface area contributed by atoms with Crippen LogP contribution in [0.25, 0.3) is 16.7 Å². The fraction of sp³-hybridized carbons (Fsp3) is 0.143. The lowest BCUT2D eigenvalue weighted by atomic mass is 9.81. The van der Waals surface area contributed by atoms with Crippen molar-refractivity contribution < 1.29 is 0 Å². The molecule has 7 rings (SSSR count). The second-order valence-corrected chi connectivity index (χ2v) is 11.9. The van der Waals surface area contributed by atoms with E-state index in [1.165, 1.54) is 38.9 Å². The Bertz CT molecular complexity index is 1790. The summed E-state index contributed by atoms with van der Waals surface area (Å²) in [6.45, 7) is 11.3. The van der Waals surface area contributed by atoms with E-state index < -0.39 is 0 Å². The van der Waals surface area contributed by atoms with E-state index in [2.05, 4.69) is 177 Å². The second kappa shape index (κ2) is 14.2. The maximum absolute atomic E-state index is 4.60. The standard InChI is InChI=1S/C34H29N.C7H8.CH6N2/c1-24-13-10-11-22-35(27-17-12-16-26(23-27)25-14-6-4-5-7-15-25)31-21-20-30-33(32(24)31)28-18-8-9-19-29(28)34(30,2)3;1-7-5-3-2-4-6-7;1-3-2/h4-23,25H,1H2,2-3H3;2-6H,1H3;3H,2H2,1H3/b13-10-,22-11-;;. The number of fused-ring (bicyclic) bond motifs is 5. The zero-order valence-electron chi connectivity index (χ0n) is 26.7. The number of hydrazine groups is 1. The van der Waals surface area contributed by atoms with Crippen LogP contribution in [0.15, 0.2) is 158 Å². The highest BCUT2D eigenvalue weighted by Gasteiger charge is 2.38. The Morgan fingerprint density at radius 3 is 2.11 bits per heavy atom. The van der Waals surface area contributed by atoms with Gasteiger partial charge in [-0.2, -0.15) is 0 Å². The summed E-state index contributed by atoms with van der Waals surface area (Å²) in [7, 11) is 1.65. The van der Waals surface area contributed by atoms with Crippen LogP contribution >= 0.6 is 0 Å². The summed E-state index contributed by atoms with van der Waals surface area (Å²) in [6.07, 6.45) is 21.4. The molecule has 3 N–H and O–H groups in total. The topological polar surface area (TPSA) is 41.3 Å². The largest absolute Gasteiger partial charge is 0.317 e. The lowest BCUT2D eigenvalue weighted by molar-refractivity contribution is 0.660. The summed E-state index contributed by atoms with van der Waals surface area (Å²) in [5.74, 6) is 4.85. The molecule has 3 heteroatoms. The van der Waals surface area contributed by atoms with E-state index in [1.54, 1.807) is 7.05 Å². The average molecular weight is 590 g/mol. The third-order valence-electron chi connectivity index (χ3n) is 8.39. The van der Waals surface area contributed by atoms with Crippen molar-refractivity contribution in [2.24, 2.45) is 5.84 Å². The van der Waals surface area contributed by atoms with E-state index in [0.717, 1.165) is 16.9 Å². The molecule has 45 heavy (non-hydrogen) atoms. The molecular formula is C42H43N3. The number of nitrogens with two attached hydrogens (primary N) is 1. The van der Waals surface area contributed by atoms with E-state index in [-0.39, 0.29) is 11.3 Å². The monoisotopic (exact) mass is 589 g/mol. The number of anilines is 2. The van der Waals surface area contributed by atoms with Gasteiger partial charge in [0.15, 0.2) is 0 Å². The van der Waals surface area contributed by atoms with Crippen LogP contribution in [-0.2, 0) is 5.41 Å². The van der Waals surface area contributed by atoms with Gasteiger partial charge in [0.25, 0.3) is 0 Å². The van der Waals surface area contributed by atoms with Crippen LogP contribution in [0.4, 0.5) is 11.4 Å². The highest BCUT2D eigenvalue weighted by molar-refractivity contribution is 5.98. The minimum atomic E-state index is -0.0416. The van der Waals surface area contributed by atoms with Gasteiger partial charge >= 0.3 is 0 Å². The maximum Gasteiger partial charge on any atom is 0.0540 e. The van der Waals surface area contributed by atoms with E-state index in [1.807, 2.05) is 18.2 Å². The van der Waals surface area contributed by atoms with Crippen LogP contribution in [-0.4, -0.2) is 7.05 Å². The highest BCUT2D eigenvalue weighted by atomic mass is 15.2. The molecule has 0 saturated carbocycles. The number of allylic oxidation sites excluding steroid dienone is 10. The van der Waals surface area contributed by atoms with E-state index in [0.29, 0.717) is 0 Å². The molecule has 0 atom stereocenters. The Morgan fingerprint density at radius 1 is 0.733 bits per heavy atom. The van der Waals surface area contributed by atoms with Crippen molar-refractivity contribution in [1.29, 1.82) is 0 Å². The summed E-state index contributed by atoms with van der Waals surface area (Å²) in [5.41, 5.74) is 14.7. The zero-order valence-corrected chi connectivity index (χ0v) is 26.7. The lowest BCUT2D eigenvalue weighted by Gasteiger charge is -2.29. The molecule has 0 unspecified atom stereocenters. The van der Waals surface area contributed by atoms with Crippen molar-refractivity contribution in [2.75, 3.05) is 11.9 Å². The van der Waals surface area contributed by atoms with Crippen molar-refractivity contribution in [3.05, 3.63) is 186 Å². The van der Waals surface area contributed by atoms with Crippen LogP contribution in [0, 0.1) is 6.92 Å². The van der Waals surface area contributed by atoms with Crippen LogP contribution in [0.3, 0.4) is 0 Å². The molecule has 0 spiro atoms. The molecule has 4 aromatic carbocycles. The Balaban J connectivity index is 0.000000346. The molecule has 0 fully saturated rings. The number of nitrogens with one attached hydrogen (secondary N) is 1. The van der Waals surface area contributed by atoms with E-state index in [9.17, 15) is 0 Å². The normalized spacial score (nSPS) is 16.8. The van der Waals surface area contributed by atoms with Gasteiger partial charge in [-0.25, -0.2) is 0 Å². The molecule has 226 valence electrons. The number of benzene rings is 4. The quantitative estimate of drug-likeness (QED) is 0.181. The maximum atomic E-state index is 4.60. The SMILES string of the molecule is C=C1/C=C\C=C/N(c2cccc(C3C=CC=CC=C3)c2)c2ccc3c(c21)-c1ccccc1C3(C)C.CNN.Cc1ccccc1. The van der Waals surface area contributed by atoms with Gasteiger partial charge in [-0.05, 0) is 71.6 Å². The molecule has 0 aromatic heterocycles. The third kappa shape index (κ3) is 6.76. The van der Waals surface area contributed by atoms with Gasteiger partial charge in [-0.15, -0.1) is 0 Å². The first-order valence-electron chi connectivity index (χ1n) is 15.5. The number of hydrogen-bond acceptors (Lipinski definition) is 3. The number of nitrogens with zero attached hydrogens (tertiary/aromatic N) is 1. The van der Waals surface area contributed by atoms with Crippen LogP contribution in [0.1, 0.15) is 47.6 Å². The van der Waals surface area contributed by atoms with Crippen molar-refractivity contribution in [3.63, 3.8) is 0 Å². The first-order chi connectivity index (χ1) is 21.9. The number of aryl methyl sites for hydroxylation is 1. The fourth-order valence-electron chi connectivity index (χ4n) is 6.20. The molecule has 3 nitrogen and oxygen atoms in total. The molecule has 1 aliphatic heterocycles. The number of hydrogen-bond donors (Lipinski definition) is 2. The van der Waals surface area contributed by atoms with E-state index in [4.69, 9.17) is 0 Å². The molecular weight excluding hydrogens is 546 g/mol. The van der Waals surface area contributed by atoms with Gasteiger partial charge in [0.05, 0.1) is 5.69 Å². The predicted molar refractivity (Wildman–Crippen MR) is 194 cm³/mol. The van der Waals surface area contributed by atoms with Gasteiger partial charge in [0.1, 0.15) is 0 Å². The van der Waals surface area contributed by atoms with E-state index >= 15 is 0 Å². The van der Waals surface area contributed by atoms with Crippen LogP contribution < -0.4 is 16.2 Å².